The molecule has 0 aliphatic carbocycles. The van der Waals surface area contributed by atoms with Crippen LogP contribution >= 0.6 is 23.2 Å². The van der Waals surface area contributed by atoms with Crippen LogP contribution in [-0.4, -0.2) is 50.0 Å². The van der Waals surface area contributed by atoms with Gasteiger partial charge in [-0.3, -0.25) is 4.79 Å². The third kappa shape index (κ3) is 4.57. The zero-order valence-electron chi connectivity index (χ0n) is 15.8. The first-order valence-corrected chi connectivity index (χ1v) is 9.69. The highest BCUT2D eigenvalue weighted by Crippen LogP contribution is 2.33. The zero-order valence-corrected chi connectivity index (χ0v) is 17.3. The second kappa shape index (κ2) is 8.51. The van der Waals surface area contributed by atoms with Gasteiger partial charge in [-0.05, 0) is 61.5 Å². The molecule has 0 bridgehead atoms. The van der Waals surface area contributed by atoms with Gasteiger partial charge in [-0.25, -0.2) is 0 Å². The average molecular weight is 407 g/mol. The molecule has 0 fully saturated rings. The molecule has 0 spiro atoms. The van der Waals surface area contributed by atoms with E-state index in [9.17, 15) is 4.79 Å². The number of ether oxygens (including phenoxy) is 1. The van der Waals surface area contributed by atoms with Crippen molar-refractivity contribution in [3.63, 3.8) is 0 Å². The molecule has 27 heavy (non-hydrogen) atoms. The van der Waals surface area contributed by atoms with E-state index >= 15 is 0 Å². The van der Waals surface area contributed by atoms with Gasteiger partial charge in [0.1, 0.15) is 5.75 Å². The van der Waals surface area contributed by atoms with Crippen molar-refractivity contribution in [2.75, 3.05) is 34.3 Å². The maximum Gasteiger partial charge on any atom is 0.227 e. The Morgan fingerprint density at radius 2 is 1.96 bits per heavy atom. The number of hydrogen-bond donors (Lipinski definition) is 0. The van der Waals surface area contributed by atoms with E-state index in [-0.39, 0.29) is 11.9 Å². The molecule has 1 atom stereocenters. The van der Waals surface area contributed by atoms with E-state index in [4.69, 9.17) is 27.9 Å². The molecule has 6 heteroatoms. The smallest absolute Gasteiger partial charge is 0.227 e. The Morgan fingerprint density at radius 3 is 2.63 bits per heavy atom. The van der Waals surface area contributed by atoms with Crippen LogP contribution in [0.2, 0.25) is 10.0 Å². The predicted molar refractivity (Wildman–Crippen MR) is 110 cm³/mol. The summed E-state index contributed by atoms with van der Waals surface area (Å²) in [6.45, 7) is 1.46. The maximum absolute atomic E-state index is 13.1. The molecule has 4 nitrogen and oxygen atoms in total. The molecule has 1 aliphatic heterocycles. The van der Waals surface area contributed by atoms with Crippen LogP contribution in [0.4, 0.5) is 0 Å². The van der Waals surface area contributed by atoms with Gasteiger partial charge < -0.3 is 14.5 Å². The van der Waals surface area contributed by atoms with Gasteiger partial charge in [0, 0.05) is 13.1 Å². The SMILES string of the molecule is COc1ccc2c(c1)CCN(C(=O)Cc1ccc(Cl)c(Cl)c1)C2CN(C)C. The number of halogens is 2. The van der Waals surface area contributed by atoms with Gasteiger partial charge in [0.05, 0.1) is 29.6 Å². The van der Waals surface area contributed by atoms with E-state index in [2.05, 4.69) is 17.0 Å². The van der Waals surface area contributed by atoms with Gasteiger partial charge in [0.15, 0.2) is 0 Å². The highest BCUT2D eigenvalue weighted by atomic mass is 35.5. The number of carbonyl (C=O) groups is 1. The summed E-state index contributed by atoms with van der Waals surface area (Å²) in [6.07, 6.45) is 1.13. The lowest BCUT2D eigenvalue weighted by Crippen LogP contribution is -2.44. The summed E-state index contributed by atoms with van der Waals surface area (Å²) in [5.41, 5.74) is 3.32. The van der Waals surface area contributed by atoms with Crippen LogP contribution in [-0.2, 0) is 17.6 Å². The monoisotopic (exact) mass is 406 g/mol. The highest BCUT2D eigenvalue weighted by Gasteiger charge is 2.31. The third-order valence-electron chi connectivity index (χ3n) is 4.91. The first-order valence-electron chi connectivity index (χ1n) is 8.94. The van der Waals surface area contributed by atoms with Gasteiger partial charge in [-0.2, -0.15) is 0 Å². The molecular weight excluding hydrogens is 383 g/mol. The molecule has 0 radical (unpaired) electrons. The van der Waals surface area contributed by atoms with Crippen molar-refractivity contribution in [1.29, 1.82) is 0 Å². The quantitative estimate of drug-likeness (QED) is 0.744. The number of benzene rings is 2. The molecule has 1 unspecified atom stereocenters. The minimum Gasteiger partial charge on any atom is -0.497 e. The molecule has 0 N–H and O–H groups in total. The molecule has 0 saturated carbocycles. The van der Waals surface area contributed by atoms with Crippen molar-refractivity contribution in [3.8, 4) is 5.75 Å². The Morgan fingerprint density at radius 1 is 1.19 bits per heavy atom. The molecule has 0 saturated heterocycles. The average Bonchev–Trinajstić information content (AvgIpc) is 2.64. The number of rotatable bonds is 5. The van der Waals surface area contributed by atoms with E-state index in [0.29, 0.717) is 23.0 Å². The number of likely N-dealkylation sites (N-methyl/N-ethyl adjacent to an activating group) is 1. The maximum atomic E-state index is 13.1. The summed E-state index contributed by atoms with van der Waals surface area (Å²) < 4.78 is 5.36. The Hall–Kier alpha value is -1.75. The van der Waals surface area contributed by atoms with Gasteiger partial charge in [-0.1, -0.05) is 35.3 Å². The molecule has 2 aromatic rings. The van der Waals surface area contributed by atoms with Crippen molar-refractivity contribution in [2.45, 2.75) is 18.9 Å². The van der Waals surface area contributed by atoms with Crippen LogP contribution in [0.25, 0.3) is 0 Å². The Kier molecular flexibility index (Phi) is 6.30. The summed E-state index contributed by atoms with van der Waals surface area (Å²) in [5.74, 6) is 0.953. The Bertz CT molecular complexity index is 839. The van der Waals surface area contributed by atoms with Gasteiger partial charge in [0.25, 0.3) is 0 Å². The van der Waals surface area contributed by atoms with Crippen molar-refractivity contribution >= 4 is 29.1 Å². The van der Waals surface area contributed by atoms with E-state index in [1.54, 1.807) is 19.2 Å². The van der Waals surface area contributed by atoms with Crippen LogP contribution in [0.5, 0.6) is 5.75 Å². The molecule has 3 rings (SSSR count). The van der Waals surface area contributed by atoms with Crippen molar-refractivity contribution in [2.24, 2.45) is 0 Å². The minimum atomic E-state index is 0.0185. The highest BCUT2D eigenvalue weighted by molar-refractivity contribution is 6.42. The Labute approximate surface area is 170 Å². The van der Waals surface area contributed by atoms with Gasteiger partial charge in [0.2, 0.25) is 5.91 Å². The van der Waals surface area contributed by atoms with Gasteiger partial charge in [-0.15, -0.1) is 0 Å². The first kappa shape index (κ1) is 20.0. The van der Waals surface area contributed by atoms with Crippen LogP contribution < -0.4 is 4.74 Å². The molecule has 2 aromatic carbocycles. The number of methoxy groups -OCH3 is 1. The summed E-state index contributed by atoms with van der Waals surface area (Å²) >= 11 is 12.1. The molecular formula is C21H24Cl2N2O2. The Balaban J connectivity index is 1.86. The fourth-order valence-corrected chi connectivity index (χ4v) is 3.90. The normalized spacial score (nSPS) is 16.4. The van der Waals surface area contributed by atoms with E-state index in [1.807, 2.05) is 31.1 Å². The minimum absolute atomic E-state index is 0.0185. The number of fused-ring (bicyclic) bond motifs is 1. The molecule has 1 amide bonds. The largest absolute Gasteiger partial charge is 0.497 e. The topological polar surface area (TPSA) is 32.8 Å². The summed E-state index contributed by atoms with van der Waals surface area (Å²) in [7, 11) is 5.73. The lowest BCUT2D eigenvalue weighted by atomic mass is 9.91. The van der Waals surface area contributed by atoms with Crippen LogP contribution in [0.3, 0.4) is 0 Å². The second-order valence-corrected chi connectivity index (χ2v) is 7.92. The predicted octanol–water partition coefficient (Wildman–Crippen LogP) is 4.23. The van der Waals surface area contributed by atoms with E-state index in [1.165, 1.54) is 11.1 Å². The fourth-order valence-electron chi connectivity index (χ4n) is 3.58. The lowest BCUT2D eigenvalue weighted by molar-refractivity contribution is -0.133. The number of nitrogens with zero attached hydrogens (tertiary/aromatic N) is 2. The van der Waals surface area contributed by atoms with Crippen molar-refractivity contribution in [3.05, 3.63) is 63.1 Å². The van der Waals surface area contributed by atoms with E-state index < -0.39 is 0 Å². The summed E-state index contributed by atoms with van der Waals surface area (Å²) in [6, 6.07) is 11.5. The lowest BCUT2D eigenvalue weighted by Gasteiger charge is -2.39. The summed E-state index contributed by atoms with van der Waals surface area (Å²) in [4.78, 5) is 17.2. The van der Waals surface area contributed by atoms with Crippen LogP contribution in [0.1, 0.15) is 22.7 Å². The van der Waals surface area contributed by atoms with Crippen molar-refractivity contribution in [1.82, 2.24) is 9.80 Å². The second-order valence-electron chi connectivity index (χ2n) is 7.11. The molecule has 144 valence electrons. The van der Waals surface area contributed by atoms with Crippen LogP contribution in [0, 0.1) is 0 Å². The third-order valence-corrected chi connectivity index (χ3v) is 5.64. The summed E-state index contributed by atoms with van der Waals surface area (Å²) in [5, 5.41) is 0.974. The standard InChI is InChI=1S/C21H24Cl2N2O2/c1-24(2)13-20-17-6-5-16(27-3)12-15(17)8-9-25(20)21(26)11-14-4-7-18(22)19(23)10-14/h4-7,10,12,20H,8-9,11,13H2,1-3H3. The fraction of sp³-hybridized carbons (Fsp3) is 0.381. The van der Waals surface area contributed by atoms with Crippen molar-refractivity contribution < 1.29 is 9.53 Å². The molecule has 1 heterocycles. The zero-order chi connectivity index (χ0) is 19.6. The molecule has 1 aliphatic rings. The first-order chi connectivity index (χ1) is 12.9. The van der Waals surface area contributed by atoms with Crippen LogP contribution in [0.15, 0.2) is 36.4 Å². The number of carbonyl (C=O) groups excluding carboxylic acids is 1. The van der Waals surface area contributed by atoms with E-state index in [0.717, 1.165) is 24.3 Å². The van der Waals surface area contributed by atoms with Gasteiger partial charge >= 0.3 is 0 Å². The number of amides is 1. The number of hydrogen-bond acceptors (Lipinski definition) is 3. The molecule has 0 aromatic heterocycles.